The summed E-state index contributed by atoms with van der Waals surface area (Å²) in [5.41, 5.74) is -0.912. The fourth-order valence-electron chi connectivity index (χ4n) is 1.05. The molecule has 0 spiro atoms. The summed E-state index contributed by atoms with van der Waals surface area (Å²) in [7, 11) is 0. The number of carboxylic acid groups (broad SMARTS) is 1. The van der Waals surface area contributed by atoms with E-state index in [1.807, 2.05) is 0 Å². The Balaban J connectivity index is 3.21. The average molecular weight is 263 g/mol. The summed E-state index contributed by atoms with van der Waals surface area (Å²) in [6.45, 7) is 1.26. The number of halogens is 2. The van der Waals surface area contributed by atoms with E-state index in [0.717, 1.165) is 6.07 Å². The van der Waals surface area contributed by atoms with Gasteiger partial charge in [-0.15, -0.1) is 11.8 Å². The maximum Gasteiger partial charge on any atom is 0.318 e. The minimum atomic E-state index is -1.32. The molecular weight excluding hydrogens is 256 g/mol. The molecule has 1 unspecified atom stereocenters. The van der Waals surface area contributed by atoms with Gasteiger partial charge in [0.05, 0.1) is 9.82 Å². The monoisotopic (exact) mass is 263 g/mol. The zero-order valence-electron chi connectivity index (χ0n) is 8.52. The molecule has 8 heteroatoms. The van der Waals surface area contributed by atoms with Crippen LogP contribution in [0, 0.1) is 21.7 Å². The van der Waals surface area contributed by atoms with Crippen LogP contribution in [0.1, 0.15) is 6.92 Å². The molecule has 0 aliphatic carbocycles. The lowest BCUT2D eigenvalue weighted by Gasteiger charge is -2.07. The van der Waals surface area contributed by atoms with Crippen molar-refractivity contribution in [1.29, 1.82) is 0 Å². The molecule has 0 heterocycles. The molecule has 17 heavy (non-hydrogen) atoms. The third-order valence-corrected chi connectivity index (χ3v) is 2.95. The second-order valence-corrected chi connectivity index (χ2v) is 4.47. The molecule has 0 fully saturated rings. The van der Waals surface area contributed by atoms with Gasteiger partial charge >= 0.3 is 11.7 Å². The number of nitro groups is 1. The van der Waals surface area contributed by atoms with Crippen molar-refractivity contribution in [3.63, 3.8) is 0 Å². The van der Waals surface area contributed by atoms with Crippen LogP contribution in [-0.4, -0.2) is 21.2 Å². The summed E-state index contributed by atoms with van der Waals surface area (Å²) in [6.07, 6.45) is 0. The highest BCUT2D eigenvalue weighted by Crippen LogP contribution is 2.34. The molecule has 0 aliphatic rings. The standard InChI is InChI=1S/C9H7F2NO4S/c1-4(9(13)14)17-7-3-5(10)2-6(11)8(7)12(15)16/h2-4H,1H3,(H,13,14). The average Bonchev–Trinajstić information content (AvgIpc) is 2.14. The third kappa shape index (κ3) is 3.13. The Hall–Kier alpha value is -1.70. The fraction of sp³-hybridized carbons (Fsp3) is 0.222. The second kappa shape index (κ2) is 5.09. The summed E-state index contributed by atoms with van der Waals surface area (Å²) in [5, 5.41) is 18.2. The number of nitrogens with zero attached hydrogens (tertiary/aromatic N) is 1. The minimum Gasteiger partial charge on any atom is -0.480 e. The topological polar surface area (TPSA) is 80.4 Å². The summed E-state index contributed by atoms with van der Waals surface area (Å²) < 4.78 is 26.1. The highest BCUT2D eigenvalue weighted by atomic mass is 32.2. The predicted molar refractivity (Wildman–Crippen MR) is 56.0 cm³/mol. The largest absolute Gasteiger partial charge is 0.480 e. The number of rotatable bonds is 4. The minimum absolute atomic E-state index is 0.345. The fourth-order valence-corrected chi connectivity index (χ4v) is 2.00. The van der Waals surface area contributed by atoms with Crippen molar-refractivity contribution < 1.29 is 23.6 Å². The molecule has 0 bridgehead atoms. The maximum atomic E-state index is 13.2. The van der Waals surface area contributed by atoms with E-state index < -0.39 is 33.5 Å². The Bertz CT molecular complexity index is 480. The van der Waals surface area contributed by atoms with Crippen LogP contribution in [0.25, 0.3) is 0 Å². The lowest BCUT2D eigenvalue weighted by molar-refractivity contribution is -0.390. The number of carboxylic acids is 1. The zero-order valence-corrected chi connectivity index (χ0v) is 9.33. The van der Waals surface area contributed by atoms with Gasteiger partial charge in [0.2, 0.25) is 5.82 Å². The molecule has 92 valence electrons. The van der Waals surface area contributed by atoms with E-state index in [1.54, 1.807) is 0 Å². The Morgan fingerprint density at radius 2 is 2.12 bits per heavy atom. The molecule has 1 aromatic carbocycles. The summed E-state index contributed by atoms with van der Waals surface area (Å²) in [6, 6.07) is 1.12. The van der Waals surface area contributed by atoms with Gasteiger partial charge in [-0.25, -0.2) is 4.39 Å². The number of hydrogen-bond acceptors (Lipinski definition) is 4. The van der Waals surface area contributed by atoms with Crippen LogP contribution in [0.3, 0.4) is 0 Å². The van der Waals surface area contributed by atoms with Crippen molar-refractivity contribution in [3.8, 4) is 0 Å². The number of carbonyl (C=O) groups is 1. The van der Waals surface area contributed by atoms with Crippen molar-refractivity contribution in [1.82, 2.24) is 0 Å². The molecule has 1 N–H and O–H groups in total. The first kappa shape index (κ1) is 13.4. The van der Waals surface area contributed by atoms with Crippen molar-refractivity contribution in [2.45, 2.75) is 17.1 Å². The van der Waals surface area contributed by atoms with E-state index in [9.17, 15) is 23.7 Å². The van der Waals surface area contributed by atoms with Gasteiger partial charge in [0, 0.05) is 6.07 Å². The molecule has 0 radical (unpaired) electrons. The summed E-state index contributed by atoms with van der Waals surface area (Å²) >= 11 is 0.514. The van der Waals surface area contributed by atoms with Gasteiger partial charge in [-0.1, -0.05) is 0 Å². The van der Waals surface area contributed by atoms with Crippen LogP contribution in [0.2, 0.25) is 0 Å². The SMILES string of the molecule is CC(Sc1cc(F)cc(F)c1[N+](=O)[O-])C(=O)O. The first-order chi connectivity index (χ1) is 7.82. The van der Waals surface area contributed by atoms with Gasteiger partial charge < -0.3 is 5.11 Å². The van der Waals surface area contributed by atoms with Crippen LogP contribution in [0.5, 0.6) is 0 Å². The van der Waals surface area contributed by atoms with Crippen LogP contribution in [0.4, 0.5) is 14.5 Å². The third-order valence-electron chi connectivity index (χ3n) is 1.83. The normalized spacial score (nSPS) is 12.2. The summed E-state index contributed by atoms with van der Waals surface area (Å²) in [5.74, 6) is -3.54. The molecule has 0 amide bonds. The van der Waals surface area contributed by atoms with Crippen LogP contribution < -0.4 is 0 Å². The van der Waals surface area contributed by atoms with E-state index >= 15 is 0 Å². The van der Waals surface area contributed by atoms with E-state index in [0.29, 0.717) is 17.8 Å². The number of nitro benzene ring substituents is 1. The molecule has 5 nitrogen and oxygen atoms in total. The number of aliphatic carboxylic acids is 1. The smallest absolute Gasteiger partial charge is 0.318 e. The second-order valence-electron chi connectivity index (χ2n) is 3.09. The van der Waals surface area contributed by atoms with Crippen molar-refractivity contribution in [3.05, 3.63) is 33.9 Å². The Morgan fingerprint density at radius 3 is 2.59 bits per heavy atom. The number of thioether (sulfide) groups is 1. The molecule has 0 saturated carbocycles. The van der Waals surface area contributed by atoms with Crippen LogP contribution in [-0.2, 0) is 4.79 Å². The first-order valence-corrected chi connectivity index (χ1v) is 5.23. The van der Waals surface area contributed by atoms with Crippen LogP contribution >= 0.6 is 11.8 Å². The van der Waals surface area contributed by atoms with E-state index in [-0.39, 0.29) is 4.90 Å². The highest BCUT2D eigenvalue weighted by molar-refractivity contribution is 8.00. The molecule has 0 saturated heterocycles. The van der Waals surface area contributed by atoms with Gasteiger partial charge in [-0.3, -0.25) is 14.9 Å². The Morgan fingerprint density at radius 1 is 1.53 bits per heavy atom. The van der Waals surface area contributed by atoms with Crippen LogP contribution in [0.15, 0.2) is 17.0 Å². The summed E-state index contributed by atoms with van der Waals surface area (Å²) in [4.78, 5) is 19.8. The zero-order chi connectivity index (χ0) is 13.2. The molecule has 1 atom stereocenters. The Kier molecular flexibility index (Phi) is 4.00. The highest BCUT2D eigenvalue weighted by Gasteiger charge is 2.25. The van der Waals surface area contributed by atoms with Crippen molar-refractivity contribution in [2.75, 3.05) is 0 Å². The molecule has 0 aromatic heterocycles. The van der Waals surface area contributed by atoms with E-state index in [4.69, 9.17) is 5.11 Å². The lowest BCUT2D eigenvalue weighted by atomic mass is 10.3. The lowest BCUT2D eigenvalue weighted by Crippen LogP contribution is -2.11. The van der Waals surface area contributed by atoms with Gasteiger partial charge in [-0.05, 0) is 13.0 Å². The molecule has 1 aromatic rings. The molecule has 1 rings (SSSR count). The number of benzene rings is 1. The van der Waals surface area contributed by atoms with E-state index in [2.05, 4.69) is 0 Å². The van der Waals surface area contributed by atoms with E-state index in [1.165, 1.54) is 6.92 Å². The molecule has 0 aliphatic heterocycles. The quantitative estimate of drug-likeness (QED) is 0.512. The molecular formula is C9H7F2NO4S. The Labute approximate surface area is 98.6 Å². The predicted octanol–water partition coefficient (Wildman–Crippen LogP) is 2.44. The maximum absolute atomic E-state index is 13.2. The first-order valence-electron chi connectivity index (χ1n) is 4.36. The van der Waals surface area contributed by atoms with Gasteiger partial charge in [0.1, 0.15) is 11.1 Å². The van der Waals surface area contributed by atoms with Crippen molar-refractivity contribution >= 4 is 23.4 Å². The van der Waals surface area contributed by atoms with Gasteiger partial charge in [0.25, 0.3) is 0 Å². The van der Waals surface area contributed by atoms with Crippen molar-refractivity contribution in [2.24, 2.45) is 0 Å². The number of hydrogen-bond donors (Lipinski definition) is 1. The van der Waals surface area contributed by atoms with Gasteiger partial charge in [0.15, 0.2) is 0 Å². The van der Waals surface area contributed by atoms with Gasteiger partial charge in [-0.2, -0.15) is 4.39 Å².